The van der Waals surface area contributed by atoms with Crippen molar-refractivity contribution in [3.63, 3.8) is 0 Å². The molecule has 92 valence electrons. The average molecular weight is 241 g/mol. The summed E-state index contributed by atoms with van der Waals surface area (Å²) in [6, 6.07) is 6.11. The van der Waals surface area contributed by atoms with Crippen molar-refractivity contribution in [1.82, 2.24) is 5.32 Å². The summed E-state index contributed by atoms with van der Waals surface area (Å²) in [5.74, 6) is -0.0936. The first kappa shape index (κ1) is 13.2. The smallest absolute Gasteiger partial charge is 0.387 e. The Balaban J connectivity index is 2.48. The molecule has 0 fully saturated rings. The fraction of sp³-hybridized carbons (Fsp3) is 0.250. The third kappa shape index (κ3) is 5.10. The summed E-state index contributed by atoms with van der Waals surface area (Å²) >= 11 is 0. The number of allylic oxidation sites excluding steroid dienone is 1. The maximum atomic E-state index is 11.9. The van der Waals surface area contributed by atoms with Crippen molar-refractivity contribution in [3.8, 4) is 5.75 Å². The molecule has 0 saturated carbocycles. The first-order valence-electron chi connectivity index (χ1n) is 5.06. The number of alkyl halides is 2. The largest absolute Gasteiger partial charge is 0.435 e. The second-order valence-corrected chi connectivity index (χ2v) is 3.24. The zero-order valence-electron chi connectivity index (χ0n) is 9.32. The molecule has 1 rings (SSSR count). The number of carbonyl (C=O) groups is 1. The number of nitrogens with one attached hydrogen (secondary N) is 1. The van der Waals surface area contributed by atoms with Crippen LogP contribution >= 0.6 is 0 Å². The van der Waals surface area contributed by atoms with Gasteiger partial charge in [-0.2, -0.15) is 8.78 Å². The second kappa shape index (κ2) is 6.62. The van der Waals surface area contributed by atoms with Crippen molar-refractivity contribution in [2.75, 3.05) is 0 Å². The molecule has 0 radical (unpaired) electrons. The first-order valence-corrected chi connectivity index (χ1v) is 5.06. The van der Waals surface area contributed by atoms with Crippen LogP contribution in [-0.4, -0.2) is 12.5 Å². The van der Waals surface area contributed by atoms with Crippen LogP contribution in [0.2, 0.25) is 0 Å². The van der Waals surface area contributed by atoms with Gasteiger partial charge in [0.1, 0.15) is 5.75 Å². The Morgan fingerprint density at radius 2 is 2.06 bits per heavy atom. The highest BCUT2D eigenvalue weighted by atomic mass is 19.3. The van der Waals surface area contributed by atoms with Gasteiger partial charge in [-0.15, -0.1) is 0 Å². The summed E-state index contributed by atoms with van der Waals surface area (Å²) < 4.78 is 27.9. The quantitative estimate of drug-likeness (QED) is 0.804. The van der Waals surface area contributed by atoms with E-state index in [1.165, 1.54) is 18.2 Å². The van der Waals surface area contributed by atoms with Gasteiger partial charge in [-0.05, 0) is 30.7 Å². The molecule has 1 aromatic rings. The van der Waals surface area contributed by atoms with Gasteiger partial charge >= 0.3 is 6.61 Å². The lowest BCUT2D eigenvalue weighted by atomic mass is 10.2. The van der Waals surface area contributed by atoms with Gasteiger partial charge in [0.25, 0.3) is 0 Å². The van der Waals surface area contributed by atoms with Crippen molar-refractivity contribution in [2.24, 2.45) is 0 Å². The minimum Gasteiger partial charge on any atom is -0.435 e. The fourth-order valence-corrected chi connectivity index (χ4v) is 1.19. The first-order chi connectivity index (χ1) is 8.11. The second-order valence-electron chi connectivity index (χ2n) is 3.24. The zero-order chi connectivity index (χ0) is 12.7. The molecule has 17 heavy (non-hydrogen) atoms. The number of hydrogen-bond acceptors (Lipinski definition) is 2. The van der Waals surface area contributed by atoms with Crippen molar-refractivity contribution < 1.29 is 18.3 Å². The van der Waals surface area contributed by atoms with Crippen LogP contribution < -0.4 is 10.1 Å². The highest BCUT2D eigenvalue weighted by Crippen LogP contribution is 2.14. The third-order valence-corrected chi connectivity index (χ3v) is 1.93. The topological polar surface area (TPSA) is 38.3 Å². The number of ether oxygens (including phenoxy) is 1. The third-order valence-electron chi connectivity index (χ3n) is 1.93. The van der Waals surface area contributed by atoms with Gasteiger partial charge in [0, 0.05) is 6.54 Å². The molecule has 0 aromatic heterocycles. The predicted molar refractivity (Wildman–Crippen MR) is 59.7 cm³/mol. The normalized spacial score (nSPS) is 10.8. The molecule has 0 spiro atoms. The van der Waals surface area contributed by atoms with Crippen LogP contribution in [0.3, 0.4) is 0 Å². The van der Waals surface area contributed by atoms with Crippen LogP contribution in [0, 0.1) is 0 Å². The Kier molecular flexibility index (Phi) is 5.13. The monoisotopic (exact) mass is 241 g/mol. The lowest BCUT2D eigenvalue weighted by Gasteiger charge is -2.06. The molecule has 1 N–H and O–H groups in total. The molecule has 5 heteroatoms. The number of hydrogen-bond donors (Lipinski definition) is 1. The minimum absolute atomic E-state index is 0.100. The maximum Gasteiger partial charge on any atom is 0.387 e. The molecule has 0 saturated heterocycles. The van der Waals surface area contributed by atoms with Gasteiger partial charge in [0.15, 0.2) is 0 Å². The summed E-state index contributed by atoms with van der Waals surface area (Å²) in [6.45, 7) is -0.732. The van der Waals surface area contributed by atoms with E-state index in [0.29, 0.717) is 6.54 Å². The van der Waals surface area contributed by atoms with E-state index in [0.717, 1.165) is 5.56 Å². The Labute approximate surface area is 98.1 Å². The molecular weight excluding hydrogens is 228 g/mol. The van der Waals surface area contributed by atoms with Crippen LogP contribution in [0.1, 0.15) is 12.5 Å². The Bertz CT molecular complexity index is 388. The van der Waals surface area contributed by atoms with Gasteiger partial charge < -0.3 is 10.1 Å². The fourth-order valence-electron chi connectivity index (χ4n) is 1.19. The van der Waals surface area contributed by atoms with Crippen molar-refractivity contribution in [1.29, 1.82) is 0 Å². The van der Waals surface area contributed by atoms with Crippen LogP contribution in [0.5, 0.6) is 5.75 Å². The number of rotatable bonds is 5. The van der Waals surface area contributed by atoms with Gasteiger partial charge in [-0.1, -0.05) is 18.2 Å². The van der Waals surface area contributed by atoms with Gasteiger partial charge in [-0.3, -0.25) is 4.79 Å². The maximum absolute atomic E-state index is 11.9. The van der Waals surface area contributed by atoms with Crippen LogP contribution in [0.15, 0.2) is 36.4 Å². The highest BCUT2D eigenvalue weighted by Gasteiger charge is 2.03. The van der Waals surface area contributed by atoms with Crippen molar-refractivity contribution >= 4 is 5.91 Å². The number of carbonyl (C=O) groups excluding carboxylic acids is 1. The van der Waals surface area contributed by atoms with E-state index in [9.17, 15) is 13.6 Å². The highest BCUT2D eigenvalue weighted by molar-refractivity contribution is 5.87. The standard InChI is InChI=1S/C12H13F2NO2/c1-2-3-11(16)15-8-9-4-6-10(7-5-9)17-12(13)14/h2-7,12H,8H2,1H3,(H,15,16). The summed E-state index contributed by atoms with van der Waals surface area (Å²) in [5.41, 5.74) is 0.810. The molecule has 0 aliphatic heterocycles. The molecule has 0 atom stereocenters. The number of halogens is 2. The molecule has 1 amide bonds. The number of amides is 1. The molecule has 0 unspecified atom stereocenters. The van der Waals surface area contributed by atoms with Gasteiger partial charge in [0.2, 0.25) is 5.91 Å². The Hall–Kier alpha value is -1.91. The van der Waals surface area contributed by atoms with E-state index >= 15 is 0 Å². The Morgan fingerprint density at radius 1 is 1.41 bits per heavy atom. The zero-order valence-corrected chi connectivity index (χ0v) is 9.32. The summed E-state index contributed by atoms with van der Waals surface area (Å²) in [5, 5.41) is 2.65. The van der Waals surface area contributed by atoms with E-state index < -0.39 is 6.61 Å². The molecule has 0 aliphatic carbocycles. The van der Waals surface area contributed by atoms with Crippen molar-refractivity contribution in [3.05, 3.63) is 42.0 Å². The summed E-state index contributed by atoms with van der Waals surface area (Å²) in [6.07, 6.45) is 3.04. The van der Waals surface area contributed by atoms with Gasteiger partial charge in [-0.25, -0.2) is 0 Å². The Morgan fingerprint density at radius 3 is 2.59 bits per heavy atom. The van der Waals surface area contributed by atoms with E-state index in [1.54, 1.807) is 25.1 Å². The summed E-state index contributed by atoms with van der Waals surface area (Å²) in [7, 11) is 0. The lowest BCUT2D eigenvalue weighted by Crippen LogP contribution is -2.20. The molecule has 3 nitrogen and oxygen atoms in total. The molecule has 0 heterocycles. The van der Waals surface area contributed by atoms with Crippen LogP contribution in [0.4, 0.5) is 8.78 Å². The summed E-state index contributed by atoms with van der Waals surface area (Å²) in [4.78, 5) is 11.1. The van der Waals surface area contributed by atoms with E-state index in [2.05, 4.69) is 10.1 Å². The van der Waals surface area contributed by atoms with Gasteiger partial charge in [0.05, 0.1) is 0 Å². The predicted octanol–water partition coefficient (Wildman–Crippen LogP) is 2.48. The van der Waals surface area contributed by atoms with Crippen LogP contribution in [-0.2, 0) is 11.3 Å². The minimum atomic E-state index is -2.82. The molecule has 1 aromatic carbocycles. The molecular formula is C12H13F2NO2. The molecule has 0 aliphatic rings. The van der Waals surface area contributed by atoms with Crippen molar-refractivity contribution in [2.45, 2.75) is 20.1 Å². The van der Waals surface area contributed by atoms with E-state index in [-0.39, 0.29) is 11.7 Å². The average Bonchev–Trinajstić information content (AvgIpc) is 2.28. The van der Waals surface area contributed by atoms with E-state index in [1.807, 2.05) is 0 Å². The molecule has 0 bridgehead atoms. The van der Waals surface area contributed by atoms with E-state index in [4.69, 9.17) is 0 Å². The van der Waals surface area contributed by atoms with Crippen LogP contribution in [0.25, 0.3) is 0 Å². The number of benzene rings is 1. The SMILES string of the molecule is CC=CC(=O)NCc1ccc(OC(F)F)cc1. The lowest BCUT2D eigenvalue weighted by molar-refractivity contribution is -0.116.